The maximum Gasteiger partial charge on any atom is 0.328 e. The lowest BCUT2D eigenvalue weighted by Crippen LogP contribution is -2.49. The average molecular weight is 362 g/mol. The molecule has 0 aromatic carbocycles. The van der Waals surface area contributed by atoms with Gasteiger partial charge >= 0.3 is 5.97 Å². The highest BCUT2D eigenvalue weighted by atomic mass is 28.4. The molecule has 0 radical (unpaired) electrons. The van der Waals surface area contributed by atoms with Gasteiger partial charge in [0.2, 0.25) is 5.91 Å². The second-order valence-corrected chi connectivity index (χ2v) is 13.2. The van der Waals surface area contributed by atoms with Crippen LogP contribution in [-0.2, 0) is 14.0 Å². The molecule has 142 valence electrons. The SMILES string of the molecule is CC(C)C[C@@H](CC(=O)N[C@H](C(=O)O)[C@@H](C)O)O[Si](C)(C)C(C)(C)C. The summed E-state index contributed by atoms with van der Waals surface area (Å²) in [5.74, 6) is -1.30. The molecular weight excluding hydrogens is 326 g/mol. The third-order valence-electron chi connectivity index (χ3n) is 4.48. The van der Waals surface area contributed by atoms with Gasteiger partial charge in [0.05, 0.1) is 18.6 Å². The van der Waals surface area contributed by atoms with Gasteiger partial charge in [-0.15, -0.1) is 0 Å². The van der Waals surface area contributed by atoms with Crippen LogP contribution in [0.5, 0.6) is 0 Å². The minimum Gasteiger partial charge on any atom is -0.480 e. The smallest absolute Gasteiger partial charge is 0.328 e. The molecule has 0 rings (SSSR count). The minimum atomic E-state index is -2.03. The van der Waals surface area contributed by atoms with Gasteiger partial charge in [0.1, 0.15) is 0 Å². The second-order valence-electron chi connectivity index (χ2n) is 8.46. The third-order valence-corrected chi connectivity index (χ3v) is 9.01. The summed E-state index contributed by atoms with van der Waals surface area (Å²) in [5, 5.41) is 21.0. The first-order valence-electron chi connectivity index (χ1n) is 8.55. The summed E-state index contributed by atoms with van der Waals surface area (Å²) < 4.78 is 6.35. The number of carbonyl (C=O) groups is 2. The van der Waals surface area contributed by atoms with Gasteiger partial charge in [-0.1, -0.05) is 34.6 Å². The number of hydrogen-bond acceptors (Lipinski definition) is 4. The Morgan fingerprint density at radius 1 is 1.17 bits per heavy atom. The summed E-state index contributed by atoms with van der Waals surface area (Å²) in [6.07, 6.45) is -0.585. The summed E-state index contributed by atoms with van der Waals surface area (Å²) in [5.41, 5.74) is 0. The summed E-state index contributed by atoms with van der Waals surface area (Å²) in [6.45, 7) is 16.2. The standard InChI is InChI=1S/C17H35NO5Si/c1-11(2)9-13(23-24(7,8)17(4,5)6)10-14(20)18-15(12(3)19)16(21)22/h11-13,15,19H,9-10H2,1-8H3,(H,18,20)(H,21,22)/t12-,13+,15+/m1/s1. The zero-order chi connectivity index (χ0) is 19.3. The van der Waals surface area contributed by atoms with Gasteiger partial charge in [-0.3, -0.25) is 4.79 Å². The number of aliphatic carboxylic acids is 1. The summed E-state index contributed by atoms with van der Waals surface area (Å²) >= 11 is 0. The molecule has 0 aliphatic carbocycles. The molecule has 0 aromatic rings. The lowest BCUT2D eigenvalue weighted by Gasteiger charge is -2.39. The Bertz CT molecular complexity index is 429. The molecule has 7 heteroatoms. The van der Waals surface area contributed by atoms with Crippen LogP contribution in [0.2, 0.25) is 18.1 Å². The Labute approximate surface area is 147 Å². The highest BCUT2D eigenvalue weighted by Gasteiger charge is 2.39. The fourth-order valence-corrected chi connectivity index (χ4v) is 3.49. The van der Waals surface area contributed by atoms with Crippen molar-refractivity contribution in [3.63, 3.8) is 0 Å². The van der Waals surface area contributed by atoms with Gasteiger partial charge in [0.15, 0.2) is 14.4 Å². The van der Waals surface area contributed by atoms with Crippen LogP contribution in [0.4, 0.5) is 0 Å². The van der Waals surface area contributed by atoms with Crippen LogP contribution in [0.25, 0.3) is 0 Å². The molecule has 3 N–H and O–H groups in total. The predicted octanol–water partition coefficient (Wildman–Crippen LogP) is 2.76. The van der Waals surface area contributed by atoms with Crippen molar-refractivity contribution < 1.29 is 24.2 Å². The average Bonchev–Trinajstić information content (AvgIpc) is 2.32. The summed E-state index contributed by atoms with van der Waals surface area (Å²) in [6, 6.07) is -1.30. The first kappa shape index (κ1) is 23.1. The molecular formula is C17H35NO5Si. The molecule has 0 unspecified atom stereocenters. The molecule has 0 saturated heterocycles. The van der Waals surface area contributed by atoms with Crippen LogP contribution in [0.1, 0.15) is 54.4 Å². The van der Waals surface area contributed by atoms with Crippen molar-refractivity contribution in [2.24, 2.45) is 5.92 Å². The van der Waals surface area contributed by atoms with E-state index >= 15 is 0 Å². The van der Waals surface area contributed by atoms with Crippen LogP contribution in [-0.4, -0.2) is 48.7 Å². The van der Waals surface area contributed by atoms with Gasteiger partial charge in [0, 0.05) is 0 Å². The fourth-order valence-electron chi connectivity index (χ4n) is 2.12. The number of carbonyl (C=O) groups excluding carboxylic acids is 1. The number of amides is 1. The van der Waals surface area contributed by atoms with E-state index in [9.17, 15) is 14.7 Å². The molecule has 0 spiro atoms. The number of carboxylic acids is 1. The monoisotopic (exact) mass is 361 g/mol. The highest BCUT2D eigenvalue weighted by Crippen LogP contribution is 2.38. The van der Waals surface area contributed by atoms with Crippen LogP contribution >= 0.6 is 0 Å². The first-order chi connectivity index (χ1) is 10.7. The second kappa shape index (κ2) is 8.96. The van der Waals surface area contributed by atoms with Gasteiger partial charge in [-0.2, -0.15) is 0 Å². The van der Waals surface area contributed by atoms with Crippen molar-refractivity contribution in [1.29, 1.82) is 0 Å². The molecule has 24 heavy (non-hydrogen) atoms. The Hall–Kier alpha value is -0.923. The Balaban J connectivity index is 5.03. The number of rotatable bonds is 9. The number of aliphatic hydroxyl groups is 1. The number of aliphatic hydroxyl groups excluding tert-OH is 1. The predicted molar refractivity (Wildman–Crippen MR) is 97.4 cm³/mol. The number of carboxylic acid groups (broad SMARTS) is 1. The maximum absolute atomic E-state index is 12.2. The zero-order valence-corrected chi connectivity index (χ0v) is 17.3. The molecule has 3 atom stereocenters. The Morgan fingerprint density at radius 2 is 1.67 bits per heavy atom. The quantitative estimate of drug-likeness (QED) is 0.549. The van der Waals surface area contributed by atoms with Crippen molar-refractivity contribution in [2.45, 2.75) is 90.8 Å². The molecule has 0 saturated carbocycles. The lowest BCUT2D eigenvalue weighted by atomic mass is 10.0. The van der Waals surface area contributed by atoms with Crippen molar-refractivity contribution in [3.8, 4) is 0 Å². The normalized spacial score (nSPS) is 16.6. The zero-order valence-electron chi connectivity index (χ0n) is 16.3. The van der Waals surface area contributed by atoms with Gasteiger partial charge in [-0.25, -0.2) is 4.79 Å². The Morgan fingerprint density at radius 3 is 2.00 bits per heavy atom. The van der Waals surface area contributed by atoms with Crippen molar-refractivity contribution in [3.05, 3.63) is 0 Å². The highest BCUT2D eigenvalue weighted by molar-refractivity contribution is 6.74. The van der Waals surface area contributed by atoms with E-state index in [1.807, 2.05) is 0 Å². The molecule has 1 amide bonds. The molecule has 0 heterocycles. The molecule has 0 bridgehead atoms. The fraction of sp³-hybridized carbons (Fsp3) is 0.882. The first-order valence-corrected chi connectivity index (χ1v) is 11.5. The lowest BCUT2D eigenvalue weighted by molar-refractivity contribution is -0.145. The van der Waals surface area contributed by atoms with Crippen molar-refractivity contribution in [1.82, 2.24) is 5.32 Å². The molecule has 0 aliphatic heterocycles. The van der Waals surface area contributed by atoms with Crippen LogP contribution in [0.15, 0.2) is 0 Å². The van der Waals surface area contributed by atoms with Gasteiger partial charge in [-0.05, 0) is 37.4 Å². The maximum atomic E-state index is 12.2. The van der Waals surface area contributed by atoms with Crippen LogP contribution in [0.3, 0.4) is 0 Å². The Kier molecular flexibility index (Phi) is 8.62. The number of nitrogens with one attached hydrogen (secondary N) is 1. The van der Waals surface area contributed by atoms with E-state index < -0.39 is 32.3 Å². The van der Waals surface area contributed by atoms with E-state index in [4.69, 9.17) is 9.53 Å². The molecule has 0 aliphatic rings. The summed E-state index contributed by atoms with van der Waals surface area (Å²) in [7, 11) is -2.03. The molecule has 0 fully saturated rings. The van der Waals surface area contributed by atoms with Crippen molar-refractivity contribution >= 4 is 20.2 Å². The van der Waals surface area contributed by atoms with Crippen LogP contribution < -0.4 is 5.32 Å². The molecule has 6 nitrogen and oxygen atoms in total. The summed E-state index contributed by atoms with van der Waals surface area (Å²) in [4.78, 5) is 23.3. The van der Waals surface area contributed by atoms with Crippen LogP contribution in [0, 0.1) is 5.92 Å². The topological polar surface area (TPSA) is 95.9 Å². The number of hydrogen-bond donors (Lipinski definition) is 3. The minimum absolute atomic E-state index is 0.0297. The van der Waals surface area contributed by atoms with Crippen molar-refractivity contribution in [2.75, 3.05) is 0 Å². The van der Waals surface area contributed by atoms with E-state index in [-0.39, 0.29) is 17.6 Å². The van der Waals surface area contributed by atoms with Gasteiger partial charge < -0.3 is 20.0 Å². The van der Waals surface area contributed by atoms with E-state index in [2.05, 4.69) is 53.0 Å². The largest absolute Gasteiger partial charge is 0.480 e. The van der Waals surface area contributed by atoms with E-state index in [1.165, 1.54) is 6.92 Å². The van der Waals surface area contributed by atoms with Gasteiger partial charge in [0.25, 0.3) is 0 Å². The van der Waals surface area contributed by atoms with E-state index in [1.54, 1.807) is 0 Å². The molecule has 0 aromatic heterocycles. The van der Waals surface area contributed by atoms with E-state index in [0.717, 1.165) is 6.42 Å². The van der Waals surface area contributed by atoms with E-state index in [0.29, 0.717) is 5.92 Å². The third kappa shape index (κ3) is 7.77.